The molecule has 3 rings (SSSR count). The highest BCUT2D eigenvalue weighted by atomic mass is 32.2. The van der Waals surface area contributed by atoms with E-state index in [9.17, 15) is 14.4 Å². The Morgan fingerprint density at radius 1 is 1.15 bits per heavy atom. The van der Waals surface area contributed by atoms with Gasteiger partial charge in [-0.1, -0.05) is 31.0 Å². The molecule has 2 fully saturated rings. The number of hydrogen-bond acceptors (Lipinski definition) is 5. The van der Waals surface area contributed by atoms with E-state index in [1.54, 1.807) is 24.2 Å². The van der Waals surface area contributed by atoms with Crippen molar-refractivity contribution in [1.29, 1.82) is 0 Å². The van der Waals surface area contributed by atoms with Gasteiger partial charge in [0.1, 0.15) is 12.3 Å². The topological polar surface area (TPSA) is 66.9 Å². The average molecular weight is 374 g/mol. The molecule has 0 N–H and O–H groups in total. The maximum absolute atomic E-state index is 12.6. The minimum atomic E-state index is -0.422. The number of rotatable bonds is 4. The molecular weight excluding hydrogens is 352 g/mol. The Kier molecular flexibility index (Phi) is 5.98. The van der Waals surface area contributed by atoms with E-state index in [-0.39, 0.29) is 12.5 Å². The lowest BCUT2D eigenvalue weighted by molar-refractivity contribution is -0.135. The Labute approximate surface area is 157 Å². The molecule has 6 nitrogen and oxygen atoms in total. The highest BCUT2D eigenvalue weighted by Gasteiger charge is 2.37. The van der Waals surface area contributed by atoms with Gasteiger partial charge in [0.05, 0.1) is 12.0 Å². The van der Waals surface area contributed by atoms with Gasteiger partial charge in [0.25, 0.3) is 11.1 Å². The zero-order valence-corrected chi connectivity index (χ0v) is 15.6. The van der Waals surface area contributed by atoms with Gasteiger partial charge in [0, 0.05) is 18.7 Å². The van der Waals surface area contributed by atoms with Crippen LogP contribution >= 0.6 is 11.8 Å². The van der Waals surface area contributed by atoms with Gasteiger partial charge in [-0.3, -0.25) is 19.3 Å². The fourth-order valence-electron chi connectivity index (χ4n) is 3.12. The average Bonchev–Trinajstić information content (AvgIpc) is 2.86. The molecule has 2 heterocycles. The molecule has 138 valence electrons. The molecule has 0 aromatic heterocycles. The Morgan fingerprint density at radius 3 is 2.54 bits per heavy atom. The third-order valence-electron chi connectivity index (χ3n) is 4.55. The van der Waals surface area contributed by atoms with Gasteiger partial charge in [-0.05, 0) is 36.7 Å². The van der Waals surface area contributed by atoms with Gasteiger partial charge >= 0.3 is 0 Å². The minimum absolute atomic E-state index is 0.159. The number of carbonyl (C=O) groups excluding carboxylic acids is 3. The van der Waals surface area contributed by atoms with E-state index in [4.69, 9.17) is 4.74 Å². The number of nitrogens with zero attached hydrogens (tertiary/aromatic N) is 2. The number of amides is 3. The van der Waals surface area contributed by atoms with Crippen molar-refractivity contribution in [2.24, 2.45) is 0 Å². The van der Waals surface area contributed by atoms with Gasteiger partial charge < -0.3 is 9.64 Å². The quantitative estimate of drug-likeness (QED) is 0.758. The maximum Gasteiger partial charge on any atom is 0.294 e. The van der Waals surface area contributed by atoms with E-state index >= 15 is 0 Å². The Morgan fingerprint density at radius 2 is 1.85 bits per heavy atom. The smallest absolute Gasteiger partial charge is 0.294 e. The maximum atomic E-state index is 12.6. The number of para-hydroxylation sites is 1. The summed E-state index contributed by atoms with van der Waals surface area (Å²) < 4.78 is 5.28. The summed E-state index contributed by atoms with van der Waals surface area (Å²) in [5.41, 5.74) is 0.722. The fourth-order valence-corrected chi connectivity index (χ4v) is 3.95. The number of thioether (sulfide) groups is 1. The predicted octanol–water partition coefficient (Wildman–Crippen LogP) is 3.13. The van der Waals surface area contributed by atoms with Crippen LogP contribution in [0.4, 0.5) is 4.79 Å². The van der Waals surface area contributed by atoms with Crippen LogP contribution < -0.4 is 4.74 Å². The summed E-state index contributed by atoms with van der Waals surface area (Å²) in [5.74, 6) is 0.0433. The van der Waals surface area contributed by atoms with E-state index in [2.05, 4.69) is 0 Å². The molecule has 2 aliphatic heterocycles. The monoisotopic (exact) mass is 374 g/mol. The van der Waals surface area contributed by atoms with E-state index < -0.39 is 11.1 Å². The second-order valence-electron chi connectivity index (χ2n) is 6.30. The number of benzene rings is 1. The SMILES string of the molecule is COc1ccccc1/C=C1\SC(=O)N(CC(=O)N2CCCCCC2)C1=O. The van der Waals surface area contributed by atoms with Crippen LogP contribution in [0.25, 0.3) is 6.08 Å². The number of imide groups is 1. The van der Waals surface area contributed by atoms with Crippen LogP contribution in [-0.4, -0.2) is 53.6 Å². The molecule has 0 bridgehead atoms. The summed E-state index contributed by atoms with van der Waals surface area (Å²) in [6.07, 6.45) is 5.82. The number of methoxy groups -OCH3 is 1. The first-order valence-corrected chi connectivity index (χ1v) is 9.58. The predicted molar refractivity (Wildman–Crippen MR) is 101 cm³/mol. The van der Waals surface area contributed by atoms with Gasteiger partial charge in [-0.15, -0.1) is 0 Å². The van der Waals surface area contributed by atoms with Crippen molar-refractivity contribution >= 4 is 34.9 Å². The molecule has 26 heavy (non-hydrogen) atoms. The normalized spacial score (nSPS) is 19.8. The largest absolute Gasteiger partial charge is 0.496 e. The first-order chi connectivity index (χ1) is 12.6. The first kappa shape index (κ1) is 18.5. The lowest BCUT2D eigenvalue weighted by atomic mass is 10.2. The van der Waals surface area contributed by atoms with Gasteiger partial charge in [0.15, 0.2) is 0 Å². The third kappa shape index (κ3) is 4.09. The van der Waals surface area contributed by atoms with E-state index in [1.165, 1.54) is 0 Å². The van der Waals surface area contributed by atoms with Gasteiger partial charge in [0.2, 0.25) is 5.91 Å². The van der Waals surface area contributed by atoms with Crippen LogP contribution in [0.15, 0.2) is 29.2 Å². The number of ether oxygens (including phenoxy) is 1. The van der Waals surface area contributed by atoms with Crippen LogP contribution in [0.5, 0.6) is 5.75 Å². The molecule has 3 amide bonds. The molecule has 0 spiro atoms. The van der Waals surface area contributed by atoms with E-state index in [1.807, 2.05) is 18.2 Å². The van der Waals surface area contributed by atoms with Crippen molar-refractivity contribution in [2.75, 3.05) is 26.7 Å². The van der Waals surface area contributed by atoms with Crippen molar-refractivity contribution in [1.82, 2.24) is 9.80 Å². The molecule has 0 radical (unpaired) electrons. The van der Waals surface area contributed by atoms with Crippen LogP contribution in [0.3, 0.4) is 0 Å². The number of hydrogen-bond donors (Lipinski definition) is 0. The molecule has 0 atom stereocenters. The van der Waals surface area contributed by atoms with E-state index in [0.717, 1.165) is 47.9 Å². The zero-order valence-electron chi connectivity index (χ0n) is 14.8. The highest BCUT2D eigenvalue weighted by molar-refractivity contribution is 8.18. The van der Waals surface area contributed by atoms with Gasteiger partial charge in [-0.25, -0.2) is 0 Å². The molecule has 1 aromatic carbocycles. The summed E-state index contributed by atoms with van der Waals surface area (Å²) in [7, 11) is 1.55. The first-order valence-electron chi connectivity index (χ1n) is 8.76. The molecule has 0 unspecified atom stereocenters. The van der Waals surface area contributed by atoms with Crippen molar-refractivity contribution in [3.05, 3.63) is 34.7 Å². The second-order valence-corrected chi connectivity index (χ2v) is 7.30. The molecule has 7 heteroatoms. The lowest BCUT2D eigenvalue weighted by Crippen LogP contribution is -2.42. The summed E-state index contributed by atoms with van der Waals surface area (Å²) in [5, 5.41) is -0.403. The molecule has 2 saturated heterocycles. The van der Waals surface area contributed by atoms with Crippen LogP contribution in [0.1, 0.15) is 31.2 Å². The molecule has 2 aliphatic rings. The van der Waals surface area contributed by atoms with Crippen LogP contribution in [-0.2, 0) is 9.59 Å². The van der Waals surface area contributed by atoms with Gasteiger partial charge in [-0.2, -0.15) is 0 Å². The molecule has 0 aliphatic carbocycles. The number of likely N-dealkylation sites (tertiary alicyclic amines) is 1. The fraction of sp³-hybridized carbons (Fsp3) is 0.421. The standard InChI is InChI=1S/C19H22N2O4S/c1-25-15-9-5-4-8-14(15)12-16-18(23)21(19(24)26-16)13-17(22)20-10-6-2-3-7-11-20/h4-5,8-9,12H,2-3,6-7,10-11,13H2,1H3/b16-12-. The van der Waals surface area contributed by atoms with Crippen molar-refractivity contribution in [2.45, 2.75) is 25.7 Å². The minimum Gasteiger partial charge on any atom is -0.496 e. The summed E-state index contributed by atoms with van der Waals surface area (Å²) in [6, 6.07) is 7.28. The Bertz CT molecular complexity index is 739. The highest BCUT2D eigenvalue weighted by Crippen LogP contribution is 2.33. The number of carbonyl (C=O) groups is 3. The third-order valence-corrected chi connectivity index (χ3v) is 5.46. The Balaban J connectivity index is 1.72. The lowest BCUT2D eigenvalue weighted by Gasteiger charge is -2.22. The summed E-state index contributed by atoms with van der Waals surface area (Å²) in [4.78, 5) is 40.5. The molecule has 0 saturated carbocycles. The van der Waals surface area contributed by atoms with E-state index in [0.29, 0.717) is 23.7 Å². The van der Waals surface area contributed by atoms with Crippen molar-refractivity contribution in [3.8, 4) is 5.75 Å². The zero-order chi connectivity index (χ0) is 18.5. The molecule has 1 aromatic rings. The van der Waals surface area contributed by atoms with Crippen molar-refractivity contribution < 1.29 is 19.1 Å². The van der Waals surface area contributed by atoms with Crippen LogP contribution in [0, 0.1) is 0 Å². The molecular formula is C19H22N2O4S. The Hall–Kier alpha value is -2.28. The van der Waals surface area contributed by atoms with Crippen LogP contribution in [0.2, 0.25) is 0 Å². The second kappa shape index (κ2) is 8.40. The summed E-state index contributed by atoms with van der Waals surface area (Å²) >= 11 is 0.861. The van der Waals surface area contributed by atoms with Crippen molar-refractivity contribution in [3.63, 3.8) is 0 Å². The summed E-state index contributed by atoms with van der Waals surface area (Å²) in [6.45, 7) is 1.21.